The molecule has 60 valence electrons. The van der Waals surface area contributed by atoms with Gasteiger partial charge in [-0.3, -0.25) is 4.79 Å². The van der Waals surface area contributed by atoms with Crippen molar-refractivity contribution < 1.29 is 9.90 Å². The van der Waals surface area contributed by atoms with Gasteiger partial charge in [-0.2, -0.15) is 0 Å². The second kappa shape index (κ2) is 3.30. The predicted molar refractivity (Wildman–Crippen MR) is 39.3 cm³/mol. The lowest BCUT2D eigenvalue weighted by Crippen LogP contribution is -2.09. The molecule has 1 rings (SSSR count). The molecule has 0 bridgehead atoms. The van der Waals surface area contributed by atoms with E-state index in [1.165, 1.54) is 6.33 Å². The van der Waals surface area contributed by atoms with Gasteiger partial charge in [0.15, 0.2) is 6.29 Å². The Morgan fingerprint density at radius 2 is 2.64 bits per heavy atom. The number of nitrogens with zero attached hydrogens (tertiary/aromatic N) is 2. The molecular weight excluding hydrogens is 144 g/mol. The number of aromatic nitrogens is 2. The molecule has 0 spiro atoms. The first kappa shape index (κ1) is 7.94. The highest BCUT2D eigenvalue weighted by atomic mass is 16.3. The minimum Gasteiger partial charge on any atom is -0.392 e. The van der Waals surface area contributed by atoms with Crippen molar-refractivity contribution in [2.45, 2.75) is 19.6 Å². The Morgan fingerprint density at radius 1 is 1.91 bits per heavy atom. The summed E-state index contributed by atoms with van der Waals surface area (Å²) in [6.07, 6.45) is 3.39. The van der Waals surface area contributed by atoms with Gasteiger partial charge in [0.05, 0.1) is 12.4 Å². The molecular formula is C7H10N2O2. The highest BCUT2D eigenvalue weighted by Crippen LogP contribution is 1.94. The predicted octanol–water partition coefficient (Wildman–Crippen LogP) is 0.0764. The second-order valence-corrected chi connectivity index (χ2v) is 2.46. The van der Waals surface area contributed by atoms with Crippen LogP contribution in [0, 0.1) is 0 Å². The van der Waals surface area contributed by atoms with Crippen LogP contribution in [-0.4, -0.2) is 27.0 Å². The molecule has 4 nitrogen and oxygen atoms in total. The summed E-state index contributed by atoms with van der Waals surface area (Å²) in [5.74, 6) is 0. The van der Waals surface area contributed by atoms with E-state index in [-0.39, 0.29) is 0 Å². The van der Waals surface area contributed by atoms with Gasteiger partial charge in [-0.15, -0.1) is 0 Å². The average molecular weight is 154 g/mol. The van der Waals surface area contributed by atoms with Gasteiger partial charge < -0.3 is 9.67 Å². The summed E-state index contributed by atoms with van der Waals surface area (Å²) in [5, 5.41) is 8.95. The van der Waals surface area contributed by atoms with Gasteiger partial charge in [0.1, 0.15) is 5.69 Å². The SMILES string of the molecule is CC(O)Cn1cnc(C=O)c1. The molecule has 0 aliphatic heterocycles. The fourth-order valence-electron chi connectivity index (χ4n) is 0.843. The Labute approximate surface area is 64.5 Å². The van der Waals surface area contributed by atoms with E-state index in [1.54, 1.807) is 17.7 Å². The van der Waals surface area contributed by atoms with Gasteiger partial charge in [-0.25, -0.2) is 4.98 Å². The van der Waals surface area contributed by atoms with Crippen molar-refractivity contribution in [1.82, 2.24) is 9.55 Å². The number of hydrogen-bond acceptors (Lipinski definition) is 3. The molecule has 0 saturated heterocycles. The maximum absolute atomic E-state index is 10.2. The Bertz CT molecular complexity index is 242. The zero-order valence-corrected chi connectivity index (χ0v) is 6.27. The van der Waals surface area contributed by atoms with Crippen LogP contribution in [0.5, 0.6) is 0 Å². The number of aliphatic hydroxyl groups is 1. The van der Waals surface area contributed by atoms with Gasteiger partial charge in [-0.1, -0.05) is 0 Å². The molecule has 1 atom stereocenters. The molecule has 0 radical (unpaired) electrons. The standard InChI is InChI=1S/C7H10N2O2/c1-6(11)2-9-3-7(4-10)8-5-9/h3-6,11H,2H2,1H3. The normalized spacial score (nSPS) is 12.9. The number of carbonyl (C=O) groups is 1. The third kappa shape index (κ3) is 2.16. The molecule has 0 amide bonds. The monoisotopic (exact) mass is 154 g/mol. The van der Waals surface area contributed by atoms with Gasteiger partial charge in [0.2, 0.25) is 0 Å². The Hall–Kier alpha value is -1.16. The average Bonchev–Trinajstić information content (AvgIpc) is 2.34. The molecule has 0 saturated carbocycles. The summed E-state index contributed by atoms with van der Waals surface area (Å²) in [5.41, 5.74) is 0.394. The number of imidazole rings is 1. The van der Waals surface area contributed by atoms with E-state index >= 15 is 0 Å². The maximum Gasteiger partial charge on any atom is 0.169 e. The molecule has 1 N–H and O–H groups in total. The van der Waals surface area contributed by atoms with Crippen LogP contribution in [0.15, 0.2) is 12.5 Å². The van der Waals surface area contributed by atoms with Crippen molar-refractivity contribution in [1.29, 1.82) is 0 Å². The van der Waals surface area contributed by atoms with Gasteiger partial charge in [-0.05, 0) is 6.92 Å². The van der Waals surface area contributed by atoms with Crippen LogP contribution < -0.4 is 0 Å². The molecule has 0 aliphatic rings. The van der Waals surface area contributed by atoms with Crippen LogP contribution in [0.4, 0.5) is 0 Å². The first-order valence-corrected chi connectivity index (χ1v) is 3.37. The minimum atomic E-state index is -0.413. The van der Waals surface area contributed by atoms with E-state index in [1.807, 2.05) is 0 Å². The molecule has 1 aromatic heterocycles. The Morgan fingerprint density at radius 3 is 3.09 bits per heavy atom. The fraction of sp³-hybridized carbons (Fsp3) is 0.429. The van der Waals surface area contributed by atoms with Crippen molar-refractivity contribution >= 4 is 6.29 Å². The van der Waals surface area contributed by atoms with Crippen LogP contribution in [0.2, 0.25) is 0 Å². The molecule has 0 aliphatic carbocycles. The number of aliphatic hydroxyl groups excluding tert-OH is 1. The van der Waals surface area contributed by atoms with E-state index in [0.717, 1.165) is 0 Å². The molecule has 0 fully saturated rings. The molecule has 4 heteroatoms. The summed E-state index contributed by atoms with van der Waals surface area (Å²) in [7, 11) is 0. The number of aldehydes is 1. The lowest BCUT2D eigenvalue weighted by Gasteiger charge is -2.02. The van der Waals surface area contributed by atoms with Gasteiger partial charge in [0.25, 0.3) is 0 Å². The summed E-state index contributed by atoms with van der Waals surface area (Å²) < 4.78 is 1.68. The molecule has 0 aromatic carbocycles. The largest absolute Gasteiger partial charge is 0.392 e. The number of rotatable bonds is 3. The zero-order valence-electron chi connectivity index (χ0n) is 6.27. The molecule has 1 heterocycles. The van der Waals surface area contributed by atoms with Gasteiger partial charge >= 0.3 is 0 Å². The highest BCUT2D eigenvalue weighted by molar-refractivity contribution is 5.70. The summed E-state index contributed by atoms with van der Waals surface area (Å²) in [4.78, 5) is 13.9. The van der Waals surface area contributed by atoms with Crippen LogP contribution in [-0.2, 0) is 6.54 Å². The van der Waals surface area contributed by atoms with E-state index in [0.29, 0.717) is 18.5 Å². The van der Waals surface area contributed by atoms with Crippen LogP contribution in [0.25, 0.3) is 0 Å². The van der Waals surface area contributed by atoms with Crippen LogP contribution in [0.3, 0.4) is 0 Å². The lowest BCUT2D eigenvalue weighted by atomic mass is 10.4. The molecule has 11 heavy (non-hydrogen) atoms. The fourth-order valence-corrected chi connectivity index (χ4v) is 0.843. The van der Waals surface area contributed by atoms with Crippen LogP contribution in [0.1, 0.15) is 17.4 Å². The van der Waals surface area contributed by atoms with Crippen molar-refractivity contribution in [3.63, 3.8) is 0 Å². The first-order chi connectivity index (χ1) is 5.22. The van der Waals surface area contributed by atoms with E-state index < -0.39 is 6.10 Å². The summed E-state index contributed by atoms with van der Waals surface area (Å²) in [6.45, 7) is 2.15. The summed E-state index contributed by atoms with van der Waals surface area (Å²) >= 11 is 0. The highest BCUT2D eigenvalue weighted by Gasteiger charge is 1.99. The van der Waals surface area contributed by atoms with Crippen molar-refractivity contribution in [3.8, 4) is 0 Å². The first-order valence-electron chi connectivity index (χ1n) is 3.37. The Kier molecular flexibility index (Phi) is 2.38. The number of hydrogen-bond donors (Lipinski definition) is 1. The van der Waals surface area contributed by atoms with E-state index in [2.05, 4.69) is 4.98 Å². The molecule has 1 aromatic rings. The smallest absolute Gasteiger partial charge is 0.169 e. The second-order valence-electron chi connectivity index (χ2n) is 2.46. The lowest BCUT2D eigenvalue weighted by molar-refractivity contribution is 0.111. The third-order valence-electron chi connectivity index (χ3n) is 1.25. The number of carbonyl (C=O) groups excluding carboxylic acids is 1. The van der Waals surface area contributed by atoms with Gasteiger partial charge in [0, 0.05) is 12.7 Å². The maximum atomic E-state index is 10.2. The Balaban J connectivity index is 2.65. The van der Waals surface area contributed by atoms with Crippen LogP contribution >= 0.6 is 0 Å². The molecule has 1 unspecified atom stereocenters. The summed E-state index contributed by atoms with van der Waals surface area (Å²) in [6, 6.07) is 0. The van der Waals surface area contributed by atoms with Crippen molar-refractivity contribution in [2.24, 2.45) is 0 Å². The topological polar surface area (TPSA) is 55.1 Å². The zero-order chi connectivity index (χ0) is 8.27. The van der Waals surface area contributed by atoms with Crippen molar-refractivity contribution in [3.05, 3.63) is 18.2 Å². The third-order valence-corrected chi connectivity index (χ3v) is 1.25. The quantitative estimate of drug-likeness (QED) is 0.627. The van der Waals surface area contributed by atoms with E-state index in [4.69, 9.17) is 5.11 Å². The van der Waals surface area contributed by atoms with E-state index in [9.17, 15) is 4.79 Å². The van der Waals surface area contributed by atoms with Crippen molar-refractivity contribution in [2.75, 3.05) is 0 Å². The minimum absolute atomic E-state index is 0.394.